The first-order valence-electron chi connectivity index (χ1n) is 13.5. The Bertz CT molecular complexity index is 1740. The van der Waals surface area contributed by atoms with Gasteiger partial charge in [-0.1, -0.05) is 0 Å². The van der Waals surface area contributed by atoms with Gasteiger partial charge in [-0.15, -0.1) is 0 Å². The van der Waals surface area contributed by atoms with Crippen molar-refractivity contribution >= 4 is 37.3 Å². The molecular weight excluding hydrogens is 630 g/mol. The topological polar surface area (TPSA) is 159 Å². The third-order valence-corrected chi connectivity index (χ3v) is 10.6. The van der Waals surface area contributed by atoms with E-state index in [9.17, 15) is 21.6 Å². The van der Waals surface area contributed by atoms with E-state index >= 15 is 0 Å². The van der Waals surface area contributed by atoms with Crippen molar-refractivity contribution in [3.05, 3.63) is 54.6 Å². The van der Waals surface area contributed by atoms with Crippen LogP contribution in [0, 0.1) is 0 Å². The maximum atomic E-state index is 14.2. The predicted octanol–water partition coefficient (Wildman–Crippen LogP) is 2.58. The first kappa shape index (κ1) is 33.6. The number of nitrogens with zero attached hydrogens (tertiary/aromatic N) is 2. The van der Waals surface area contributed by atoms with E-state index in [1.54, 1.807) is 6.07 Å². The Morgan fingerprint density at radius 3 is 1.98 bits per heavy atom. The molecular formula is C29H35N3O11S2. The van der Waals surface area contributed by atoms with Crippen molar-refractivity contribution in [2.24, 2.45) is 0 Å². The highest BCUT2D eigenvalue weighted by molar-refractivity contribution is 7.93. The number of carbonyl (C=O) groups excluding carboxylic acids is 1. The van der Waals surface area contributed by atoms with Crippen LogP contribution in [0.2, 0.25) is 0 Å². The first-order chi connectivity index (χ1) is 21.5. The smallest absolute Gasteiger partial charge is 0.265 e. The number of nitrogens with one attached hydrogen (secondary N) is 1. The van der Waals surface area contributed by atoms with E-state index in [2.05, 4.69) is 5.32 Å². The van der Waals surface area contributed by atoms with Crippen LogP contribution in [0.4, 0.5) is 11.4 Å². The van der Waals surface area contributed by atoms with Gasteiger partial charge in [-0.2, -0.15) is 4.31 Å². The highest BCUT2D eigenvalue weighted by Gasteiger charge is 2.32. The van der Waals surface area contributed by atoms with Crippen LogP contribution in [0.5, 0.6) is 28.7 Å². The number of anilines is 2. The molecule has 1 N–H and O–H groups in total. The number of hydrogen-bond donors (Lipinski definition) is 1. The van der Waals surface area contributed by atoms with E-state index < -0.39 is 32.5 Å². The third-order valence-electron chi connectivity index (χ3n) is 6.94. The minimum absolute atomic E-state index is 0.0115. The van der Waals surface area contributed by atoms with Gasteiger partial charge in [0, 0.05) is 25.2 Å². The molecule has 4 rings (SSSR count). The minimum atomic E-state index is -4.46. The van der Waals surface area contributed by atoms with Gasteiger partial charge < -0.3 is 33.7 Å². The molecule has 244 valence electrons. The molecule has 0 aliphatic carbocycles. The van der Waals surface area contributed by atoms with Crippen molar-refractivity contribution in [2.75, 3.05) is 78.0 Å². The fourth-order valence-electron chi connectivity index (χ4n) is 4.60. The van der Waals surface area contributed by atoms with E-state index in [4.69, 9.17) is 28.4 Å². The maximum absolute atomic E-state index is 14.2. The van der Waals surface area contributed by atoms with Gasteiger partial charge in [0.15, 0.2) is 11.5 Å². The van der Waals surface area contributed by atoms with Crippen LogP contribution >= 0.6 is 0 Å². The second kappa shape index (κ2) is 14.2. The molecule has 14 nitrogen and oxygen atoms in total. The molecule has 1 amide bonds. The monoisotopic (exact) mass is 665 g/mol. The molecule has 0 bridgehead atoms. The normalized spacial score (nSPS) is 13.9. The number of methoxy groups -OCH3 is 5. The van der Waals surface area contributed by atoms with Crippen molar-refractivity contribution in [3.63, 3.8) is 0 Å². The quantitative estimate of drug-likeness (QED) is 0.286. The van der Waals surface area contributed by atoms with E-state index in [0.29, 0.717) is 11.5 Å². The summed E-state index contributed by atoms with van der Waals surface area (Å²) >= 11 is 0. The molecule has 1 aliphatic heterocycles. The van der Waals surface area contributed by atoms with Crippen molar-refractivity contribution < 1.29 is 50.1 Å². The molecule has 3 aromatic carbocycles. The molecule has 1 saturated heterocycles. The largest absolute Gasteiger partial charge is 0.497 e. The Hall–Kier alpha value is -4.25. The summed E-state index contributed by atoms with van der Waals surface area (Å²) in [4.78, 5) is 13.3. The van der Waals surface area contributed by atoms with Gasteiger partial charge in [0.05, 0.1) is 69.9 Å². The predicted molar refractivity (Wildman–Crippen MR) is 165 cm³/mol. The average Bonchev–Trinajstić information content (AvgIpc) is 3.06. The standard InChI is InChI=1S/C29H35N3O11S2/c1-38-20-6-9-26(40-3)24(16-20)32(45(36,37)22-8-11-27(41-4)28(18-22)42-5)19-29(33)30-23-17-21(7-10-25(23)39-2)44(34,35)31-12-14-43-15-13-31/h6-11,16-18H,12-15,19H2,1-5H3,(H,30,33). The van der Waals surface area contributed by atoms with E-state index in [1.165, 1.54) is 88.4 Å². The summed E-state index contributed by atoms with van der Waals surface area (Å²) in [5.41, 5.74) is 0.0373. The molecule has 3 aromatic rings. The molecule has 1 aliphatic rings. The van der Waals surface area contributed by atoms with E-state index in [1.807, 2.05) is 0 Å². The van der Waals surface area contributed by atoms with Crippen molar-refractivity contribution in [1.29, 1.82) is 0 Å². The number of rotatable bonds is 13. The molecule has 45 heavy (non-hydrogen) atoms. The molecule has 0 radical (unpaired) electrons. The lowest BCUT2D eigenvalue weighted by Gasteiger charge is -2.27. The number of carbonyl (C=O) groups is 1. The lowest BCUT2D eigenvalue weighted by Crippen LogP contribution is -2.40. The summed E-state index contributed by atoms with van der Waals surface area (Å²) in [7, 11) is -1.46. The van der Waals surface area contributed by atoms with Gasteiger partial charge in [-0.05, 0) is 42.5 Å². The van der Waals surface area contributed by atoms with E-state index in [0.717, 1.165) is 4.31 Å². The first-order valence-corrected chi connectivity index (χ1v) is 16.4. The second-order valence-corrected chi connectivity index (χ2v) is 13.3. The van der Waals surface area contributed by atoms with Gasteiger partial charge in [-0.3, -0.25) is 9.10 Å². The molecule has 0 saturated carbocycles. The fraction of sp³-hybridized carbons (Fsp3) is 0.345. The molecule has 1 fully saturated rings. The average molecular weight is 666 g/mol. The minimum Gasteiger partial charge on any atom is -0.497 e. The Morgan fingerprint density at radius 1 is 0.756 bits per heavy atom. The van der Waals surface area contributed by atoms with Gasteiger partial charge >= 0.3 is 0 Å². The molecule has 0 atom stereocenters. The molecule has 0 spiro atoms. The van der Waals surface area contributed by atoms with Crippen LogP contribution in [-0.4, -0.2) is 95.4 Å². The summed E-state index contributed by atoms with van der Waals surface area (Å²) in [6, 6.07) is 12.6. The van der Waals surface area contributed by atoms with Crippen LogP contribution in [0.3, 0.4) is 0 Å². The summed E-state index contributed by atoms with van der Waals surface area (Å²) in [6.07, 6.45) is 0. The molecule has 1 heterocycles. The van der Waals surface area contributed by atoms with Gasteiger partial charge in [0.2, 0.25) is 15.9 Å². The third kappa shape index (κ3) is 7.19. The van der Waals surface area contributed by atoms with Crippen molar-refractivity contribution in [1.82, 2.24) is 4.31 Å². The second-order valence-electron chi connectivity index (χ2n) is 9.49. The maximum Gasteiger partial charge on any atom is 0.265 e. The number of ether oxygens (including phenoxy) is 6. The Morgan fingerprint density at radius 2 is 1.36 bits per heavy atom. The van der Waals surface area contributed by atoms with Gasteiger partial charge in [-0.25, -0.2) is 16.8 Å². The summed E-state index contributed by atoms with van der Waals surface area (Å²) in [5.74, 6) is 0.272. The van der Waals surface area contributed by atoms with Crippen molar-refractivity contribution in [2.45, 2.75) is 9.79 Å². The number of sulfonamides is 2. The lowest BCUT2D eigenvalue weighted by atomic mass is 10.2. The summed E-state index contributed by atoms with van der Waals surface area (Å²) in [6.45, 7) is 0.140. The van der Waals surface area contributed by atoms with Crippen LogP contribution < -0.4 is 33.3 Å². The Balaban J connectivity index is 1.75. The lowest BCUT2D eigenvalue weighted by molar-refractivity contribution is -0.114. The van der Waals surface area contributed by atoms with Crippen LogP contribution in [0.25, 0.3) is 0 Å². The van der Waals surface area contributed by atoms with Gasteiger partial charge in [0.1, 0.15) is 23.8 Å². The number of benzene rings is 3. The fourth-order valence-corrected chi connectivity index (χ4v) is 7.47. The highest BCUT2D eigenvalue weighted by Crippen LogP contribution is 2.38. The van der Waals surface area contributed by atoms with Gasteiger partial charge in [0.25, 0.3) is 10.0 Å². The number of morpholine rings is 1. The summed E-state index contributed by atoms with van der Waals surface area (Å²) in [5, 5.41) is 2.61. The Labute approximate surface area is 262 Å². The Kier molecular flexibility index (Phi) is 10.6. The summed E-state index contributed by atoms with van der Waals surface area (Å²) < 4.78 is 89.0. The number of amides is 1. The molecule has 16 heteroatoms. The highest BCUT2D eigenvalue weighted by atomic mass is 32.2. The van der Waals surface area contributed by atoms with E-state index in [-0.39, 0.29) is 64.7 Å². The van der Waals surface area contributed by atoms with Crippen LogP contribution in [-0.2, 0) is 29.6 Å². The zero-order valence-corrected chi connectivity index (χ0v) is 27.1. The van der Waals surface area contributed by atoms with Crippen molar-refractivity contribution in [3.8, 4) is 28.7 Å². The molecule has 0 unspecified atom stereocenters. The zero-order valence-electron chi connectivity index (χ0n) is 25.4. The van der Waals surface area contributed by atoms with Crippen LogP contribution in [0.1, 0.15) is 0 Å². The number of hydrogen-bond acceptors (Lipinski definition) is 11. The zero-order chi connectivity index (χ0) is 32.8. The SMILES string of the molecule is COc1ccc(OC)c(N(CC(=O)Nc2cc(S(=O)(=O)N3CCOCC3)ccc2OC)S(=O)(=O)c2ccc(OC)c(OC)c2)c1. The van der Waals surface area contributed by atoms with Crippen LogP contribution in [0.15, 0.2) is 64.4 Å². The molecule has 0 aromatic heterocycles.